The molecular weight excluding hydrogens is 770 g/mol. The van der Waals surface area contributed by atoms with Crippen molar-refractivity contribution in [3.05, 3.63) is 97.5 Å². The number of hydrogen-bond donors (Lipinski definition) is 2. The number of methoxy groups -OCH3 is 2. The molecule has 5 rings (SSSR count). The van der Waals surface area contributed by atoms with Crippen molar-refractivity contribution in [3.63, 3.8) is 0 Å². The van der Waals surface area contributed by atoms with Crippen molar-refractivity contribution in [1.82, 2.24) is 10.4 Å². The van der Waals surface area contributed by atoms with Crippen LogP contribution in [-0.2, 0) is 0 Å². The lowest BCUT2D eigenvalue weighted by Gasteiger charge is -2.13. The van der Waals surface area contributed by atoms with Crippen molar-refractivity contribution in [2.75, 3.05) is 27.4 Å². The number of hydrazone groups is 1. The Bertz CT molecular complexity index is 2030. The third kappa shape index (κ3) is 7.30. The number of amides is 1. The van der Waals surface area contributed by atoms with Crippen LogP contribution in [0, 0.1) is 0 Å². The summed E-state index contributed by atoms with van der Waals surface area (Å²) < 4.78 is 29.5. The average molecular weight is 800 g/mol. The molecule has 0 saturated heterocycles. The van der Waals surface area contributed by atoms with E-state index < -0.39 is 11.9 Å². The van der Waals surface area contributed by atoms with E-state index in [1.54, 1.807) is 61.7 Å². The van der Waals surface area contributed by atoms with Crippen LogP contribution in [0.3, 0.4) is 0 Å². The quantitative estimate of drug-likeness (QED) is 0.0560. The summed E-state index contributed by atoms with van der Waals surface area (Å²) in [6, 6.07) is 18.9. The van der Waals surface area contributed by atoms with E-state index in [1.165, 1.54) is 13.3 Å². The number of ether oxygens (including phenoxy) is 5. The Morgan fingerprint density at radius 3 is 2.29 bits per heavy atom. The van der Waals surface area contributed by atoms with Gasteiger partial charge in [-0.05, 0) is 78.3 Å². The van der Waals surface area contributed by atoms with E-state index in [0.717, 1.165) is 0 Å². The molecule has 0 fully saturated rings. The van der Waals surface area contributed by atoms with E-state index in [9.17, 15) is 9.59 Å². The first-order valence-electron chi connectivity index (χ1n) is 14.7. The van der Waals surface area contributed by atoms with E-state index >= 15 is 0 Å². The van der Waals surface area contributed by atoms with Gasteiger partial charge in [0.15, 0.2) is 17.2 Å². The van der Waals surface area contributed by atoms with Crippen molar-refractivity contribution >= 4 is 72.5 Å². The van der Waals surface area contributed by atoms with Crippen molar-refractivity contribution in [3.8, 4) is 39.9 Å². The smallest absolute Gasteiger partial charge is 0.343 e. The number of carbonyl (C=O) groups excluding carboxylic acids is 2. The molecule has 1 amide bonds. The number of hydrogen-bond acceptors (Lipinski definition) is 8. The zero-order valence-electron chi connectivity index (χ0n) is 26.3. The molecule has 0 atom stereocenters. The normalized spacial score (nSPS) is 11.1. The van der Waals surface area contributed by atoms with Gasteiger partial charge in [-0.15, -0.1) is 0 Å². The minimum Gasteiger partial charge on any atom is -0.496 e. The Labute approximate surface area is 298 Å². The molecule has 0 radical (unpaired) electrons. The van der Waals surface area contributed by atoms with Crippen LogP contribution in [0.4, 0.5) is 0 Å². The molecule has 0 aliphatic heterocycles. The number of fused-ring (bicyclic) bond motifs is 1. The second-order valence-electron chi connectivity index (χ2n) is 10.00. The van der Waals surface area contributed by atoms with Crippen molar-refractivity contribution in [2.24, 2.45) is 5.10 Å². The second-order valence-corrected chi connectivity index (χ2v) is 12.2. The largest absolute Gasteiger partial charge is 0.496 e. The number of aromatic amines is 1. The first kappa shape index (κ1) is 34.8. The zero-order valence-corrected chi connectivity index (χ0v) is 30.2. The highest BCUT2D eigenvalue weighted by molar-refractivity contribution is 9.11. The third-order valence-corrected chi connectivity index (χ3v) is 8.45. The fourth-order valence-electron chi connectivity index (χ4n) is 5.02. The molecule has 4 aromatic carbocycles. The van der Waals surface area contributed by atoms with Crippen LogP contribution >= 0.6 is 43.5 Å². The molecule has 0 bridgehead atoms. The van der Waals surface area contributed by atoms with Gasteiger partial charge in [0, 0.05) is 26.2 Å². The van der Waals surface area contributed by atoms with Gasteiger partial charge in [0.05, 0.1) is 54.6 Å². The highest BCUT2D eigenvalue weighted by atomic mass is 79.9. The van der Waals surface area contributed by atoms with Crippen LogP contribution in [0.2, 0.25) is 5.02 Å². The molecule has 248 valence electrons. The lowest BCUT2D eigenvalue weighted by Crippen LogP contribution is -2.19. The van der Waals surface area contributed by atoms with Crippen LogP contribution in [0.25, 0.3) is 22.0 Å². The van der Waals surface area contributed by atoms with Gasteiger partial charge >= 0.3 is 5.97 Å². The standard InChI is InChI=1S/C35H30Br2ClN3O7/c1-5-46-25-12-11-19(16-28(25)47-6-2)35(43)48-33-20(15-21(36)17-23(33)37)18-39-41-34(42)32-29(22-9-7-8-10-24(22)38)30-26(44-3)13-14-27(45-4)31(30)40-32/h7-18,40H,5-6H2,1-4H3,(H,41,42). The molecule has 0 aliphatic carbocycles. The molecule has 1 aromatic heterocycles. The van der Waals surface area contributed by atoms with Crippen LogP contribution < -0.4 is 29.1 Å². The Morgan fingerprint density at radius 1 is 0.896 bits per heavy atom. The van der Waals surface area contributed by atoms with E-state index in [0.29, 0.717) is 77.8 Å². The molecule has 2 N–H and O–H groups in total. The number of nitrogens with one attached hydrogen (secondary N) is 2. The molecule has 10 nitrogen and oxygen atoms in total. The molecule has 5 aromatic rings. The summed E-state index contributed by atoms with van der Waals surface area (Å²) in [4.78, 5) is 30.2. The number of halogens is 3. The summed E-state index contributed by atoms with van der Waals surface area (Å²) in [5, 5.41) is 5.27. The summed E-state index contributed by atoms with van der Waals surface area (Å²) in [5.41, 5.74) is 5.08. The highest BCUT2D eigenvalue weighted by Crippen LogP contribution is 2.44. The monoisotopic (exact) mass is 797 g/mol. The van der Waals surface area contributed by atoms with Crippen LogP contribution in [-0.4, -0.2) is 50.5 Å². The fraction of sp³-hybridized carbons (Fsp3) is 0.171. The zero-order chi connectivity index (χ0) is 34.4. The molecule has 13 heteroatoms. The van der Waals surface area contributed by atoms with Gasteiger partial charge in [0.1, 0.15) is 17.2 Å². The lowest BCUT2D eigenvalue weighted by atomic mass is 10.0. The molecule has 0 unspecified atom stereocenters. The summed E-state index contributed by atoms with van der Waals surface area (Å²) in [6.45, 7) is 4.54. The minimum atomic E-state index is -0.633. The number of aromatic nitrogens is 1. The Morgan fingerprint density at radius 2 is 1.58 bits per heavy atom. The van der Waals surface area contributed by atoms with E-state index in [2.05, 4.69) is 47.4 Å². The first-order chi connectivity index (χ1) is 23.2. The van der Waals surface area contributed by atoms with Gasteiger partial charge in [-0.1, -0.05) is 45.7 Å². The molecule has 1 heterocycles. The van der Waals surface area contributed by atoms with E-state index in [1.807, 2.05) is 26.0 Å². The Balaban J connectivity index is 1.48. The Hall–Kier alpha value is -4.52. The maximum atomic E-state index is 13.7. The summed E-state index contributed by atoms with van der Waals surface area (Å²) in [6.07, 6.45) is 1.37. The number of nitrogens with zero attached hydrogens (tertiary/aromatic N) is 1. The fourth-order valence-corrected chi connectivity index (χ4v) is 6.59. The molecule has 0 aliphatic rings. The number of benzene rings is 4. The number of carbonyl (C=O) groups is 2. The number of rotatable bonds is 12. The predicted molar refractivity (Wildman–Crippen MR) is 192 cm³/mol. The van der Waals surface area contributed by atoms with Crippen molar-refractivity contribution in [1.29, 1.82) is 0 Å². The molecule has 0 spiro atoms. The number of esters is 1. The summed E-state index contributed by atoms with van der Waals surface area (Å²) in [7, 11) is 3.08. The molecule has 48 heavy (non-hydrogen) atoms. The highest BCUT2D eigenvalue weighted by Gasteiger charge is 2.25. The van der Waals surface area contributed by atoms with Crippen LogP contribution in [0.15, 0.2) is 80.8 Å². The molecular formula is C35H30Br2ClN3O7. The van der Waals surface area contributed by atoms with Crippen molar-refractivity contribution in [2.45, 2.75) is 13.8 Å². The second kappa shape index (κ2) is 15.6. The van der Waals surface area contributed by atoms with Crippen LogP contribution in [0.5, 0.6) is 28.7 Å². The first-order valence-corrected chi connectivity index (χ1v) is 16.6. The van der Waals surface area contributed by atoms with Crippen LogP contribution in [0.1, 0.15) is 40.3 Å². The van der Waals surface area contributed by atoms with Gasteiger partial charge in [-0.3, -0.25) is 4.79 Å². The third-order valence-electron chi connectivity index (χ3n) is 7.07. The maximum absolute atomic E-state index is 13.7. The van der Waals surface area contributed by atoms with Crippen molar-refractivity contribution < 1.29 is 33.3 Å². The van der Waals surface area contributed by atoms with Gasteiger partial charge in [-0.2, -0.15) is 5.10 Å². The topological polar surface area (TPSA) is 120 Å². The summed E-state index contributed by atoms with van der Waals surface area (Å²) >= 11 is 13.6. The lowest BCUT2D eigenvalue weighted by molar-refractivity contribution is 0.0732. The Kier molecular flexibility index (Phi) is 11.3. The molecule has 0 saturated carbocycles. The van der Waals surface area contributed by atoms with Gasteiger partial charge in [-0.25, -0.2) is 10.2 Å². The van der Waals surface area contributed by atoms with E-state index in [4.69, 9.17) is 35.3 Å². The number of H-pyrrole nitrogens is 1. The van der Waals surface area contributed by atoms with Gasteiger partial charge < -0.3 is 28.7 Å². The van der Waals surface area contributed by atoms with Gasteiger partial charge in [0.25, 0.3) is 5.91 Å². The maximum Gasteiger partial charge on any atom is 0.343 e. The summed E-state index contributed by atoms with van der Waals surface area (Å²) in [5.74, 6) is 0.965. The van der Waals surface area contributed by atoms with E-state index in [-0.39, 0.29) is 17.0 Å². The van der Waals surface area contributed by atoms with Gasteiger partial charge in [0.2, 0.25) is 0 Å². The average Bonchev–Trinajstić information content (AvgIpc) is 3.47. The SMILES string of the molecule is CCOc1ccc(C(=O)Oc2c(Br)cc(Br)cc2C=NNC(=O)c2[nH]c3c(OC)ccc(OC)c3c2-c2ccccc2Cl)cc1OCC. The minimum absolute atomic E-state index is 0.181. The predicted octanol–water partition coefficient (Wildman–Crippen LogP) is 8.81.